The van der Waals surface area contributed by atoms with E-state index in [9.17, 15) is 27.6 Å². The Morgan fingerprint density at radius 3 is 2.15 bits per heavy atom. The maximum absolute atomic E-state index is 14.1. The number of allylic oxidation sites excluding steroid dienone is 2. The van der Waals surface area contributed by atoms with E-state index in [-0.39, 0.29) is 80.4 Å². The standard InChI is InChI=1S/C38H47N5O7SSi/c1-20(2)52-19-7-6-13-26(44)34-32-28-23-15-16-24(29(28)33(32)35(41-40-34)38(47)50-5)31-30(23)36(45)43(37(31)46)18-17-39-51(48,49)27-14-9-10-21-22(27)11-8-12-25(21)42(3)4/h8-12,14-16,20,23-24,28-33,39H,6-7,13,17-19,52H2,1-5H3. The Labute approximate surface area is 307 Å². The number of fused-ring (bicyclic) bond motifs is 2. The number of sulfonamides is 1. The summed E-state index contributed by atoms with van der Waals surface area (Å²) < 4.78 is 34.9. The number of hydrogen-bond acceptors (Lipinski definition) is 10. The largest absolute Gasteiger partial charge is 0.464 e. The number of methoxy groups -OCH3 is 1. The molecule has 2 aromatic carbocycles. The van der Waals surface area contributed by atoms with Crippen molar-refractivity contribution in [3.63, 3.8) is 0 Å². The number of Topliss-reactive ketones (excluding diaryl/α,β-unsaturated/α-hetero) is 1. The predicted molar refractivity (Wildman–Crippen MR) is 201 cm³/mol. The molecule has 2 aliphatic heterocycles. The minimum Gasteiger partial charge on any atom is -0.464 e. The molecule has 1 N–H and O–H groups in total. The lowest BCUT2D eigenvalue weighted by atomic mass is 9.38. The molecular weight excluding hydrogens is 699 g/mol. The lowest BCUT2D eigenvalue weighted by Crippen LogP contribution is -2.68. The van der Waals surface area contributed by atoms with Crippen LogP contribution < -0.4 is 9.62 Å². The molecule has 12 nitrogen and oxygen atoms in total. The van der Waals surface area contributed by atoms with Crippen LogP contribution in [0.2, 0.25) is 11.6 Å². The Balaban J connectivity index is 1.08. The zero-order valence-electron chi connectivity index (χ0n) is 30.3. The van der Waals surface area contributed by atoms with Gasteiger partial charge in [-0.05, 0) is 42.2 Å². The molecular formula is C38H47N5O7SSi. The number of anilines is 1. The van der Waals surface area contributed by atoms with Crippen molar-refractivity contribution in [1.82, 2.24) is 9.62 Å². The predicted octanol–water partition coefficient (Wildman–Crippen LogP) is 3.22. The molecule has 2 saturated carbocycles. The molecule has 2 amide bonds. The molecule has 8 unspecified atom stereocenters. The van der Waals surface area contributed by atoms with Crippen LogP contribution in [0.1, 0.15) is 33.1 Å². The van der Waals surface area contributed by atoms with Gasteiger partial charge in [0.15, 0.2) is 11.5 Å². The number of carbonyl (C=O) groups excluding carboxylic acids is 4. The molecule has 8 atom stereocenters. The summed E-state index contributed by atoms with van der Waals surface area (Å²) in [4.78, 5) is 57.9. The molecule has 0 radical (unpaired) electrons. The summed E-state index contributed by atoms with van der Waals surface area (Å²) >= 11 is 0. The highest BCUT2D eigenvalue weighted by Crippen LogP contribution is 2.67. The lowest BCUT2D eigenvalue weighted by Gasteiger charge is -2.64. The van der Waals surface area contributed by atoms with Crippen LogP contribution in [0.25, 0.3) is 10.8 Å². The third kappa shape index (κ3) is 5.96. The van der Waals surface area contributed by atoms with E-state index >= 15 is 0 Å². The first kappa shape index (κ1) is 36.3. The van der Waals surface area contributed by atoms with Gasteiger partial charge in [-0.1, -0.05) is 68.3 Å². The molecule has 8 rings (SSSR count). The molecule has 4 aliphatic carbocycles. The quantitative estimate of drug-likeness (QED) is 0.102. The van der Waals surface area contributed by atoms with Crippen molar-refractivity contribution in [2.75, 3.05) is 39.2 Å². The number of nitrogens with one attached hydrogen (secondary N) is 1. The zero-order valence-corrected chi connectivity index (χ0v) is 32.6. The van der Waals surface area contributed by atoms with Gasteiger partial charge < -0.3 is 9.64 Å². The van der Waals surface area contributed by atoms with Gasteiger partial charge in [-0.3, -0.25) is 19.3 Å². The Kier molecular flexibility index (Phi) is 9.85. The molecule has 276 valence electrons. The number of amides is 2. The molecule has 2 bridgehead atoms. The first-order chi connectivity index (χ1) is 24.9. The highest BCUT2D eigenvalue weighted by atomic mass is 32.2. The van der Waals surface area contributed by atoms with Crippen LogP contribution >= 0.6 is 0 Å². The van der Waals surface area contributed by atoms with E-state index in [1.807, 2.05) is 49.3 Å². The van der Waals surface area contributed by atoms with Gasteiger partial charge in [0, 0.05) is 71.4 Å². The molecule has 2 heterocycles. The van der Waals surface area contributed by atoms with Crippen LogP contribution in [0.15, 0.2) is 63.6 Å². The molecule has 0 spiro atoms. The van der Waals surface area contributed by atoms with Crippen molar-refractivity contribution in [2.45, 2.75) is 49.6 Å². The van der Waals surface area contributed by atoms with Gasteiger partial charge in [-0.2, -0.15) is 5.10 Å². The lowest BCUT2D eigenvalue weighted by molar-refractivity contribution is -0.146. The fourth-order valence-electron chi connectivity index (χ4n) is 9.71. The number of esters is 1. The van der Waals surface area contributed by atoms with Crippen molar-refractivity contribution < 1.29 is 32.3 Å². The van der Waals surface area contributed by atoms with E-state index in [4.69, 9.17) is 4.74 Å². The summed E-state index contributed by atoms with van der Waals surface area (Å²) in [6.45, 7) is 4.23. The van der Waals surface area contributed by atoms with Crippen LogP contribution in [0.4, 0.5) is 5.69 Å². The van der Waals surface area contributed by atoms with Crippen molar-refractivity contribution in [1.29, 1.82) is 0 Å². The van der Waals surface area contributed by atoms with Crippen molar-refractivity contribution in [3.05, 3.63) is 48.6 Å². The van der Waals surface area contributed by atoms with Crippen LogP contribution in [0, 0.1) is 47.3 Å². The Morgan fingerprint density at radius 2 is 1.52 bits per heavy atom. The van der Waals surface area contributed by atoms with Crippen molar-refractivity contribution in [2.24, 2.45) is 57.5 Å². The van der Waals surface area contributed by atoms with Gasteiger partial charge in [0.05, 0.1) is 23.8 Å². The molecule has 1 saturated heterocycles. The number of ether oxygens (including phenoxy) is 1. The monoisotopic (exact) mass is 745 g/mol. The van der Waals surface area contributed by atoms with Crippen LogP contribution in [0.5, 0.6) is 0 Å². The zero-order chi connectivity index (χ0) is 37.1. The second-order valence-corrected chi connectivity index (χ2v) is 20.1. The maximum atomic E-state index is 14.1. The van der Waals surface area contributed by atoms with E-state index in [2.05, 4.69) is 28.8 Å². The Bertz CT molecular complexity index is 2030. The van der Waals surface area contributed by atoms with Gasteiger partial charge >= 0.3 is 5.97 Å². The number of nitrogens with zero attached hydrogens (tertiary/aromatic N) is 4. The van der Waals surface area contributed by atoms with Gasteiger partial charge in [0.25, 0.3) is 0 Å². The first-order valence-corrected chi connectivity index (χ1v) is 21.7. The Morgan fingerprint density at radius 1 is 0.904 bits per heavy atom. The summed E-state index contributed by atoms with van der Waals surface area (Å²) in [5.41, 5.74) is 2.16. The average Bonchev–Trinajstić information content (AvgIpc) is 3.37. The van der Waals surface area contributed by atoms with Gasteiger partial charge in [-0.25, -0.2) is 17.9 Å². The number of imide groups is 1. The molecule has 6 aliphatic rings. The minimum atomic E-state index is -3.99. The molecule has 52 heavy (non-hydrogen) atoms. The van der Waals surface area contributed by atoms with Crippen LogP contribution in [-0.2, 0) is 33.9 Å². The summed E-state index contributed by atoms with van der Waals surface area (Å²) in [5, 5.41) is 9.94. The van der Waals surface area contributed by atoms with E-state index in [1.54, 1.807) is 18.2 Å². The number of hydrogen-bond donors (Lipinski definition) is 1. The second kappa shape index (κ2) is 14.1. The molecule has 14 heteroatoms. The van der Waals surface area contributed by atoms with Gasteiger partial charge in [0.1, 0.15) is 5.71 Å². The SMILES string of the molecule is COC(=O)C1=NN=C(C(=O)CCCC[SiH2]C(C)C)C2C1C1C3C=CC(C4C(=O)N(CCNS(=O)(=O)c5cccc6c(N(C)C)cccc56)C(=O)C34)C21. The van der Waals surface area contributed by atoms with Crippen molar-refractivity contribution >= 4 is 71.0 Å². The van der Waals surface area contributed by atoms with Crippen molar-refractivity contribution in [3.8, 4) is 0 Å². The van der Waals surface area contributed by atoms with Crippen LogP contribution in [-0.4, -0.2) is 92.1 Å². The number of unbranched alkanes of at least 4 members (excludes halogenated alkanes) is 1. The summed E-state index contributed by atoms with van der Waals surface area (Å²) in [7, 11) is 0.941. The number of rotatable bonds is 14. The third-order valence-electron chi connectivity index (χ3n) is 11.9. The highest BCUT2D eigenvalue weighted by Gasteiger charge is 2.72. The maximum Gasteiger partial charge on any atom is 0.354 e. The summed E-state index contributed by atoms with van der Waals surface area (Å²) in [5.74, 6) is -4.40. The number of benzene rings is 2. The third-order valence-corrected chi connectivity index (χ3v) is 15.5. The fraction of sp³-hybridized carbons (Fsp3) is 0.526. The normalized spacial score (nSPS) is 28.8. The highest BCUT2D eigenvalue weighted by molar-refractivity contribution is 7.89. The smallest absolute Gasteiger partial charge is 0.354 e. The summed E-state index contributed by atoms with van der Waals surface area (Å²) in [6.07, 6.45) is 6.13. The van der Waals surface area contributed by atoms with Gasteiger partial charge in [-0.15, -0.1) is 5.10 Å². The van der Waals surface area contributed by atoms with Crippen LogP contribution in [0.3, 0.4) is 0 Å². The Hall–Kier alpha value is -4.01. The van der Waals surface area contributed by atoms with E-state index in [0.717, 1.165) is 29.5 Å². The fourth-order valence-corrected chi connectivity index (χ4v) is 12.4. The van der Waals surface area contributed by atoms with E-state index < -0.39 is 33.7 Å². The topological polar surface area (TPSA) is 155 Å². The van der Waals surface area contributed by atoms with Gasteiger partial charge in [0.2, 0.25) is 21.8 Å². The van der Waals surface area contributed by atoms with E-state index in [0.29, 0.717) is 17.5 Å². The number of ketones is 1. The molecule has 0 aromatic heterocycles. The molecule has 3 fully saturated rings. The average molecular weight is 746 g/mol. The van der Waals surface area contributed by atoms with E-state index in [1.165, 1.54) is 18.1 Å². The summed E-state index contributed by atoms with van der Waals surface area (Å²) in [6, 6.07) is 11.8. The number of likely N-dealkylation sites (tertiary alicyclic amines) is 1. The molecule has 2 aromatic rings. The number of carbonyl (C=O) groups is 4. The minimum absolute atomic E-state index is 0.0684. The second-order valence-electron chi connectivity index (χ2n) is 15.4. The first-order valence-electron chi connectivity index (χ1n) is 18.4.